The summed E-state index contributed by atoms with van der Waals surface area (Å²) in [4.78, 5) is 12.7. The molecular weight excluding hydrogens is 246 g/mol. The molecule has 0 unspecified atom stereocenters. The smallest absolute Gasteiger partial charge is 0.328 e. The Morgan fingerprint density at radius 1 is 1.58 bits per heavy atom. The maximum atomic E-state index is 10.6. The van der Waals surface area contributed by atoms with Crippen LogP contribution in [0.25, 0.3) is 6.08 Å². The van der Waals surface area contributed by atoms with Crippen LogP contribution in [-0.4, -0.2) is 48.2 Å². The second kappa shape index (κ2) is 6.94. The first-order valence-electron chi connectivity index (χ1n) is 6.12. The van der Waals surface area contributed by atoms with E-state index in [-0.39, 0.29) is 0 Å². The molecule has 1 heterocycles. The normalized spacial score (nSPS) is 11.2. The fourth-order valence-corrected chi connectivity index (χ4v) is 2.02. The number of hydrogen-bond donors (Lipinski definition) is 1. The lowest BCUT2D eigenvalue weighted by Gasteiger charge is -2.20. The molecule has 106 valence electrons. The summed E-state index contributed by atoms with van der Waals surface area (Å²) in [5.74, 6) is -0.0534. The van der Waals surface area contributed by atoms with E-state index < -0.39 is 5.97 Å². The highest BCUT2D eigenvalue weighted by Gasteiger charge is 2.14. The third kappa shape index (κ3) is 4.10. The molecule has 0 amide bonds. The third-order valence-corrected chi connectivity index (χ3v) is 2.83. The molecule has 6 nitrogen and oxygen atoms in total. The zero-order chi connectivity index (χ0) is 14.4. The van der Waals surface area contributed by atoms with Gasteiger partial charge in [0.15, 0.2) is 0 Å². The van der Waals surface area contributed by atoms with E-state index in [2.05, 4.69) is 10.00 Å². The largest absolute Gasteiger partial charge is 0.478 e. The lowest BCUT2D eigenvalue weighted by molar-refractivity contribution is -0.131. The Balaban J connectivity index is 2.95. The highest BCUT2D eigenvalue weighted by Crippen LogP contribution is 2.23. The standard InChI is InChI=1S/C13H21N3O3/c1-10-11(6-7-12(17)18)13(16(3)14-10)15(2)8-5-9-19-4/h6-7H,5,8-9H2,1-4H3,(H,17,18). The number of ether oxygens (including phenoxy) is 1. The number of carboxylic acids is 1. The fraction of sp³-hybridized carbons (Fsp3) is 0.538. The quantitative estimate of drug-likeness (QED) is 0.596. The van der Waals surface area contributed by atoms with Gasteiger partial charge in [0, 0.05) is 46.0 Å². The number of rotatable bonds is 7. The summed E-state index contributed by atoms with van der Waals surface area (Å²) in [6.07, 6.45) is 3.63. The number of hydrogen-bond acceptors (Lipinski definition) is 4. The van der Waals surface area contributed by atoms with Gasteiger partial charge in [-0.1, -0.05) is 0 Å². The Kier molecular flexibility index (Phi) is 5.57. The van der Waals surface area contributed by atoms with Gasteiger partial charge in [0.25, 0.3) is 0 Å². The predicted molar refractivity (Wildman–Crippen MR) is 74.4 cm³/mol. The number of anilines is 1. The van der Waals surface area contributed by atoms with E-state index in [1.165, 1.54) is 0 Å². The molecule has 6 heteroatoms. The molecule has 0 atom stereocenters. The van der Waals surface area contributed by atoms with Crippen molar-refractivity contribution in [3.8, 4) is 0 Å². The van der Waals surface area contributed by atoms with Crippen LogP contribution in [0.4, 0.5) is 5.82 Å². The lowest BCUT2D eigenvalue weighted by atomic mass is 10.2. The van der Waals surface area contributed by atoms with Crippen molar-refractivity contribution in [2.75, 3.05) is 32.2 Å². The van der Waals surface area contributed by atoms with Gasteiger partial charge in [-0.15, -0.1) is 0 Å². The molecule has 0 saturated heterocycles. The lowest BCUT2D eigenvalue weighted by Crippen LogP contribution is -2.23. The predicted octanol–water partition coefficient (Wildman–Crippen LogP) is 1.30. The van der Waals surface area contributed by atoms with Crippen molar-refractivity contribution in [3.63, 3.8) is 0 Å². The average molecular weight is 267 g/mol. The van der Waals surface area contributed by atoms with Crippen LogP contribution in [0.3, 0.4) is 0 Å². The Morgan fingerprint density at radius 2 is 2.26 bits per heavy atom. The van der Waals surface area contributed by atoms with Crippen LogP contribution in [0.2, 0.25) is 0 Å². The molecule has 0 saturated carbocycles. The number of methoxy groups -OCH3 is 1. The first-order valence-corrected chi connectivity index (χ1v) is 6.12. The van der Waals surface area contributed by atoms with Crippen molar-refractivity contribution in [1.82, 2.24) is 9.78 Å². The number of aryl methyl sites for hydroxylation is 2. The average Bonchev–Trinajstić information content (AvgIpc) is 2.61. The first-order chi connectivity index (χ1) is 8.97. The van der Waals surface area contributed by atoms with Gasteiger partial charge < -0.3 is 14.7 Å². The van der Waals surface area contributed by atoms with Crippen molar-refractivity contribution >= 4 is 17.9 Å². The van der Waals surface area contributed by atoms with Crippen molar-refractivity contribution in [2.45, 2.75) is 13.3 Å². The molecule has 1 aromatic heterocycles. The molecule has 0 aliphatic carbocycles. The molecule has 1 rings (SSSR count). The van der Waals surface area contributed by atoms with Gasteiger partial charge >= 0.3 is 5.97 Å². The Hall–Kier alpha value is -1.82. The summed E-state index contributed by atoms with van der Waals surface area (Å²) < 4.78 is 6.80. The minimum absolute atomic E-state index is 0.696. The molecule has 0 aliphatic heterocycles. The third-order valence-electron chi connectivity index (χ3n) is 2.83. The van der Waals surface area contributed by atoms with Crippen LogP contribution >= 0.6 is 0 Å². The van der Waals surface area contributed by atoms with Crippen molar-refractivity contribution < 1.29 is 14.6 Å². The minimum atomic E-state index is -0.962. The Labute approximate surface area is 113 Å². The van der Waals surface area contributed by atoms with Crippen LogP contribution in [-0.2, 0) is 16.6 Å². The molecule has 0 spiro atoms. The van der Waals surface area contributed by atoms with Crippen molar-refractivity contribution in [1.29, 1.82) is 0 Å². The van der Waals surface area contributed by atoms with Crippen LogP contribution in [0.1, 0.15) is 17.7 Å². The van der Waals surface area contributed by atoms with Gasteiger partial charge in [0.2, 0.25) is 0 Å². The monoisotopic (exact) mass is 267 g/mol. The molecular formula is C13H21N3O3. The van der Waals surface area contributed by atoms with E-state index in [9.17, 15) is 4.79 Å². The highest BCUT2D eigenvalue weighted by atomic mass is 16.5. The molecule has 0 fully saturated rings. The second-order valence-corrected chi connectivity index (χ2v) is 4.39. The van der Waals surface area contributed by atoms with Gasteiger partial charge in [-0.2, -0.15) is 5.10 Å². The summed E-state index contributed by atoms with van der Waals surface area (Å²) in [6.45, 7) is 3.39. The van der Waals surface area contributed by atoms with Crippen molar-refractivity contribution in [3.05, 3.63) is 17.3 Å². The van der Waals surface area contributed by atoms with E-state index in [0.29, 0.717) is 6.61 Å². The fourth-order valence-electron chi connectivity index (χ4n) is 2.02. The molecule has 1 aromatic rings. The SMILES string of the molecule is COCCCN(C)c1c(C=CC(=O)O)c(C)nn1C. The Bertz CT molecular complexity index is 466. The van der Waals surface area contributed by atoms with Crippen LogP contribution in [0, 0.1) is 6.92 Å². The summed E-state index contributed by atoms with van der Waals surface area (Å²) in [7, 11) is 5.49. The van der Waals surface area contributed by atoms with Gasteiger partial charge in [-0.05, 0) is 19.4 Å². The second-order valence-electron chi connectivity index (χ2n) is 4.39. The first kappa shape index (κ1) is 15.2. The highest BCUT2D eigenvalue weighted by molar-refractivity contribution is 5.87. The Morgan fingerprint density at radius 3 is 2.84 bits per heavy atom. The molecule has 19 heavy (non-hydrogen) atoms. The molecule has 0 radical (unpaired) electrons. The van der Waals surface area contributed by atoms with Crippen LogP contribution in [0.15, 0.2) is 6.08 Å². The van der Waals surface area contributed by atoms with Gasteiger partial charge in [-0.25, -0.2) is 4.79 Å². The van der Waals surface area contributed by atoms with E-state index in [4.69, 9.17) is 9.84 Å². The number of nitrogens with zero attached hydrogens (tertiary/aromatic N) is 3. The maximum Gasteiger partial charge on any atom is 0.328 e. The summed E-state index contributed by atoms with van der Waals surface area (Å²) in [5.41, 5.74) is 1.65. The van der Waals surface area contributed by atoms with Gasteiger partial charge in [0.05, 0.1) is 5.69 Å². The van der Waals surface area contributed by atoms with E-state index >= 15 is 0 Å². The van der Waals surface area contributed by atoms with E-state index in [1.54, 1.807) is 17.9 Å². The van der Waals surface area contributed by atoms with Crippen molar-refractivity contribution in [2.24, 2.45) is 7.05 Å². The van der Waals surface area contributed by atoms with Gasteiger partial charge in [-0.3, -0.25) is 4.68 Å². The topological polar surface area (TPSA) is 67.6 Å². The molecule has 0 aromatic carbocycles. The minimum Gasteiger partial charge on any atom is -0.478 e. The summed E-state index contributed by atoms with van der Waals surface area (Å²) >= 11 is 0. The number of aromatic nitrogens is 2. The molecule has 0 aliphatic rings. The maximum absolute atomic E-state index is 10.6. The summed E-state index contributed by atoms with van der Waals surface area (Å²) in [6, 6.07) is 0. The number of carboxylic acid groups (broad SMARTS) is 1. The van der Waals surface area contributed by atoms with E-state index in [0.717, 1.165) is 36.1 Å². The zero-order valence-electron chi connectivity index (χ0n) is 11.9. The number of aliphatic carboxylic acids is 1. The number of carbonyl (C=O) groups is 1. The molecule has 0 bridgehead atoms. The summed E-state index contributed by atoms with van der Waals surface area (Å²) in [5, 5.41) is 13.1. The van der Waals surface area contributed by atoms with Crippen LogP contribution in [0.5, 0.6) is 0 Å². The zero-order valence-corrected chi connectivity index (χ0v) is 11.9. The van der Waals surface area contributed by atoms with Crippen LogP contribution < -0.4 is 4.90 Å². The van der Waals surface area contributed by atoms with Gasteiger partial charge in [0.1, 0.15) is 5.82 Å². The van der Waals surface area contributed by atoms with E-state index in [1.807, 2.05) is 21.0 Å². The molecule has 1 N–H and O–H groups in total.